The molecule has 1 saturated heterocycles. The molecule has 4 aromatic rings. The van der Waals surface area contributed by atoms with Crippen LogP contribution in [0.25, 0.3) is 10.9 Å². The van der Waals surface area contributed by atoms with E-state index < -0.39 is 121 Å². The summed E-state index contributed by atoms with van der Waals surface area (Å²) in [6.45, 7) is 2.86. The number of aromatic nitrogens is 3. The lowest BCUT2D eigenvalue weighted by atomic mass is 10.0. The standard InChI is InChI=1S/C50H70N16O11.C2H4O2/c1-27(2)17-36(45(73)62-35(9-5-15-56-50(53)54)49(77)66-16-6-10-40(66)48(76)58-23-41(52)69)61-42(70)24-59-44(72)37(18-28-11-13-31(68)14-12-28)64-47(75)39(25-67)65-46(74)38(19-29-21-57-34-8-4-3-7-32(29)34)63-43(71)33(51)20-30-22-55-26-60-30;1-2(3)4/h3-4,7-8,11-14,21-22,26-27,33,35-40,57,67-68H,5-6,9-10,15-20,23-25,51H2,1-2H3,(H2,52,69)(H,55,60)(H,58,76)(H,59,72)(H,61,70)(H,62,73)(H,63,71)(H,64,75)(H,65,74)(H4,53,54,56);1H3,(H,3,4)/t33-,35-,36-,37-,38-,39-,40-;/m0./s1. The van der Waals surface area contributed by atoms with Gasteiger partial charge in [-0.2, -0.15) is 0 Å². The number of aromatic hydroxyl groups is 1. The molecule has 0 radical (unpaired) electrons. The summed E-state index contributed by atoms with van der Waals surface area (Å²) in [6.07, 6.45) is 5.50. The Bertz CT molecular complexity index is 2820. The predicted molar refractivity (Wildman–Crippen MR) is 293 cm³/mol. The van der Waals surface area contributed by atoms with Gasteiger partial charge >= 0.3 is 0 Å². The van der Waals surface area contributed by atoms with Crippen molar-refractivity contribution >= 4 is 76.0 Å². The third-order valence-electron chi connectivity index (χ3n) is 12.5. The van der Waals surface area contributed by atoms with Gasteiger partial charge in [0.15, 0.2) is 5.96 Å². The number of carboxylic acid groups (broad SMARTS) is 1. The smallest absolute Gasteiger partial charge is 0.300 e. The number of fused-ring (bicyclic) bond motifs is 1. The van der Waals surface area contributed by atoms with Crippen molar-refractivity contribution in [3.05, 3.63) is 84.1 Å². The molecule has 1 aliphatic rings. The number of aliphatic hydroxyl groups excluding tert-OH is 1. The number of H-pyrrole nitrogens is 2. The fourth-order valence-corrected chi connectivity index (χ4v) is 8.62. The number of aromatic amines is 2. The number of likely N-dealkylation sites (tertiary alicyclic amines) is 1. The van der Waals surface area contributed by atoms with Crippen LogP contribution in [0.4, 0.5) is 0 Å². The zero-order valence-electron chi connectivity index (χ0n) is 45.2. The number of guanidine groups is 1. The van der Waals surface area contributed by atoms with E-state index in [4.69, 9.17) is 32.8 Å². The lowest BCUT2D eigenvalue weighted by molar-refractivity contribution is -0.142. The van der Waals surface area contributed by atoms with Crippen LogP contribution in [0, 0.1) is 5.92 Å². The summed E-state index contributed by atoms with van der Waals surface area (Å²) in [5.41, 5.74) is 24.8. The minimum absolute atomic E-state index is 0.0327. The molecule has 81 heavy (non-hydrogen) atoms. The summed E-state index contributed by atoms with van der Waals surface area (Å²) in [7, 11) is 0. The summed E-state index contributed by atoms with van der Waals surface area (Å²) in [6, 6.07) is 4.03. The molecule has 0 aliphatic carbocycles. The Labute approximate surface area is 465 Å². The van der Waals surface area contributed by atoms with E-state index in [1.54, 1.807) is 26.1 Å². The first-order valence-corrected chi connectivity index (χ1v) is 26.0. The van der Waals surface area contributed by atoms with Gasteiger partial charge in [-0.25, -0.2) is 4.98 Å². The van der Waals surface area contributed by atoms with Gasteiger partial charge in [-0.05, 0) is 67.3 Å². The molecule has 9 amide bonds. The van der Waals surface area contributed by atoms with Gasteiger partial charge in [0.05, 0.1) is 32.1 Å². The average molecular weight is 1130 g/mol. The van der Waals surface area contributed by atoms with Crippen molar-refractivity contribution in [2.75, 3.05) is 32.8 Å². The van der Waals surface area contributed by atoms with Crippen molar-refractivity contribution < 1.29 is 63.3 Å². The number of phenols is 1. The second-order valence-corrected chi connectivity index (χ2v) is 19.6. The van der Waals surface area contributed by atoms with E-state index in [0.717, 1.165) is 17.8 Å². The van der Waals surface area contributed by atoms with E-state index >= 15 is 0 Å². The number of carboxylic acids is 1. The van der Waals surface area contributed by atoms with E-state index in [1.165, 1.54) is 41.7 Å². The van der Waals surface area contributed by atoms with Crippen molar-refractivity contribution in [1.82, 2.24) is 57.1 Å². The second-order valence-electron chi connectivity index (χ2n) is 19.6. The highest BCUT2D eigenvalue weighted by Gasteiger charge is 2.39. The van der Waals surface area contributed by atoms with Crippen molar-refractivity contribution in [2.24, 2.45) is 33.8 Å². The number of hydrogen-bond donors (Lipinski definition) is 16. The fourth-order valence-electron chi connectivity index (χ4n) is 8.62. The van der Waals surface area contributed by atoms with Crippen molar-refractivity contribution in [3.63, 3.8) is 0 Å². The Balaban J connectivity index is 0.00000341. The predicted octanol–water partition coefficient (Wildman–Crippen LogP) is -3.73. The quantitative estimate of drug-likeness (QED) is 0.0141. The number of benzene rings is 2. The third kappa shape index (κ3) is 21.6. The summed E-state index contributed by atoms with van der Waals surface area (Å²) < 4.78 is 0. The number of para-hydroxylation sites is 1. The van der Waals surface area contributed by atoms with Crippen molar-refractivity contribution in [3.8, 4) is 5.75 Å². The van der Waals surface area contributed by atoms with Crippen LogP contribution in [0.15, 0.2) is 72.2 Å². The topological polar surface area (TPSA) is 480 Å². The Hall–Kier alpha value is -9.12. The molecule has 0 spiro atoms. The van der Waals surface area contributed by atoms with E-state index in [0.29, 0.717) is 29.7 Å². The van der Waals surface area contributed by atoms with Crippen LogP contribution in [0.3, 0.4) is 0 Å². The molecule has 2 aromatic carbocycles. The first-order valence-electron chi connectivity index (χ1n) is 26.0. The number of nitrogens with two attached hydrogens (primary N) is 4. The number of imidazole rings is 1. The number of hydrogen-bond acceptors (Lipinski definition) is 15. The molecule has 0 unspecified atom stereocenters. The Morgan fingerprint density at radius 3 is 2.04 bits per heavy atom. The maximum Gasteiger partial charge on any atom is 0.300 e. The van der Waals surface area contributed by atoms with Crippen LogP contribution in [0.5, 0.6) is 5.75 Å². The van der Waals surface area contributed by atoms with Crippen LogP contribution in [0.2, 0.25) is 0 Å². The number of carbonyl (C=O) groups is 10. The molecule has 29 nitrogen and oxygen atoms in total. The van der Waals surface area contributed by atoms with E-state index in [-0.39, 0.29) is 69.2 Å². The molecule has 3 heterocycles. The maximum absolute atomic E-state index is 14.1. The zero-order valence-corrected chi connectivity index (χ0v) is 45.2. The first-order chi connectivity index (χ1) is 38.4. The van der Waals surface area contributed by atoms with E-state index in [1.807, 2.05) is 18.2 Å². The highest BCUT2D eigenvalue weighted by atomic mass is 16.4. The lowest BCUT2D eigenvalue weighted by Gasteiger charge is -2.30. The summed E-state index contributed by atoms with van der Waals surface area (Å²) >= 11 is 0. The number of primary amides is 1. The number of amides is 9. The number of phenolic OH excluding ortho intramolecular Hbond substituents is 1. The monoisotopic (exact) mass is 1130 g/mol. The largest absolute Gasteiger partial charge is 0.508 e. The SMILES string of the molecule is CC(=O)O.CC(C)C[C@H](NC(=O)CNC(=O)[C@H](Cc1ccc(O)cc1)NC(=O)[C@H](CO)NC(=O)[C@H](Cc1c[nH]c2ccccc12)NC(=O)[C@@H](N)Cc1cnc[nH]1)C(=O)N[C@@H](CCCN=C(N)N)C(=O)N1CCC[C@H]1C(=O)NCC(N)=O. The molecule has 5 rings (SSSR count). The molecule has 29 heteroatoms. The Morgan fingerprint density at radius 2 is 1.40 bits per heavy atom. The minimum Gasteiger partial charge on any atom is -0.508 e. The Kier molecular flexibility index (Phi) is 25.5. The van der Waals surface area contributed by atoms with Crippen molar-refractivity contribution in [1.29, 1.82) is 0 Å². The minimum atomic E-state index is -1.67. The second kappa shape index (κ2) is 32.1. The van der Waals surface area contributed by atoms with Gasteiger partial charge in [0.2, 0.25) is 53.2 Å². The summed E-state index contributed by atoms with van der Waals surface area (Å²) in [5.74, 6) is -8.28. The molecule has 1 aliphatic heterocycles. The zero-order chi connectivity index (χ0) is 59.8. The Morgan fingerprint density at radius 1 is 0.765 bits per heavy atom. The first kappa shape index (κ1) is 64.4. The number of rotatable bonds is 29. The van der Waals surface area contributed by atoms with E-state index in [2.05, 4.69) is 57.2 Å². The molecular formula is C52H74N16O13. The van der Waals surface area contributed by atoms with Crippen LogP contribution in [-0.4, -0.2) is 175 Å². The molecule has 2 aromatic heterocycles. The van der Waals surface area contributed by atoms with E-state index in [9.17, 15) is 53.4 Å². The highest BCUT2D eigenvalue weighted by molar-refractivity contribution is 5.98. The lowest BCUT2D eigenvalue weighted by Crippen LogP contribution is -2.60. The van der Waals surface area contributed by atoms with Crippen molar-refractivity contribution in [2.45, 2.75) is 114 Å². The van der Waals surface area contributed by atoms with Gasteiger partial charge in [0.25, 0.3) is 5.97 Å². The van der Waals surface area contributed by atoms with Crippen LogP contribution in [-0.2, 0) is 67.2 Å². The summed E-state index contributed by atoms with van der Waals surface area (Å²) in [4.78, 5) is 146. The van der Waals surface area contributed by atoms with Crippen LogP contribution in [0.1, 0.15) is 69.7 Å². The van der Waals surface area contributed by atoms with Gasteiger partial charge in [-0.15, -0.1) is 0 Å². The number of aliphatic hydroxyl groups is 1. The highest BCUT2D eigenvalue weighted by Crippen LogP contribution is 2.22. The average Bonchev–Trinajstić information content (AvgIpc) is 4.29. The summed E-state index contributed by atoms with van der Waals surface area (Å²) in [5, 5.41) is 46.5. The number of aliphatic imine (C=N–C) groups is 1. The molecule has 0 saturated carbocycles. The number of carbonyl (C=O) groups excluding carboxylic acids is 9. The van der Waals surface area contributed by atoms with Crippen LogP contribution >= 0.6 is 0 Å². The van der Waals surface area contributed by atoms with Gasteiger partial charge in [0, 0.05) is 68.3 Å². The molecule has 7 atom stereocenters. The van der Waals surface area contributed by atoms with Gasteiger partial charge in [-0.3, -0.25) is 52.9 Å². The molecule has 0 bridgehead atoms. The van der Waals surface area contributed by atoms with Crippen LogP contribution < -0.4 is 60.2 Å². The van der Waals surface area contributed by atoms with Gasteiger partial charge in [0.1, 0.15) is 42.0 Å². The van der Waals surface area contributed by atoms with Gasteiger partial charge < -0.3 is 90.3 Å². The number of aliphatic carboxylic acids is 1. The number of nitrogens with one attached hydrogen (secondary N) is 9. The maximum atomic E-state index is 14.1. The fraction of sp³-hybridized carbons (Fsp3) is 0.462. The third-order valence-corrected chi connectivity index (χ3v) is 12.5. The van der Waals surface area contributed by atoms with Gasteiger partial charge in [-0.1, -0.05) is 44.2 Å². The normalized spacial score (nSPS) is 15.0. The molecular weight excluding hydrogens is 1060 g/mol. The molecule has 1 fully saturated rings. The molecule has 440 valence electrons. The molecule has 20 N–H and O–H groups in total. The number of nitrogens with zero attached hydrogens (tertiary/aromatic N) is 3.